The Labute approximate surface area is 54.2 Å². The van der Waals surface area contributed by atoms with E-state index in [1.54, 1.807) is 11.3 Å². The Bertz CT molecular complexity index is 173. The van der Waals surface area contributed by atoms with Crippen LogP contribution in [0.5, 0.6) is 0 Å². The van der Waals surface area contributed by atoms with Crippen molar-refractivity contribution in [3.63, 3.8) is 0 Å². The maximum absolute atomic E-state index is 5.12. The van der Waals surface area contributed by atoms with Gasteiger partial charge in [-0.25, -0.2) is 0 Å². The minimum absolute atomic E-state index is 0.993. The Morgan fingerprint density at radius 1 is 1.75 bits per heavy atom. The van der Waals surface area contributed by atoms with Crippen molar-refractivity contribution in [1.82, 2.24) is 0 Å². The standard InChI is InChI=1S/C5H6BNS/c1-4-2-5(7-6)3-8-4/h2-3,7H,1H3. The van der Waals surface area contributed by atoms with Crippen LogP contribution in [0, 0.1) is 6.92 Å². The van der Waals surface area contributed by atoms with E-state index in [4.69, 9.17) is 7.98 Å². The lowest BCUT2D eigenvalue weighted by molar-refractivity contribution is 1.63. The summed E-state index contributed by atoms with van der Waals surface area (Å²) < 4.78 is 0. The van der Waals surface area contributed by atoms with E-state index in [-0.39, 0.29) is 0 Å². The molecule has 0 aliphatic heterocycles. The van der Waals surface area contributed by atoms with E-state index >= 15 is 0 Å². The van der Waals surface area contributed by atoms with Gasteiger partial charge in [-0.15, -0.1) is 11.3 Å². The van der Waals surface area contributed by atoms with Crippen LogP contribution in [0.25, 0.3) is 0 Å². The number of anilines is 1. The van der Waals surface area contributed by atoms with E-state index in [1.807, 2.05) is 18.4 Å². The Kier molecular flexibility index (Phi) is 1.58. The molecule has 0 saturated heterocycles. The van der Waals surface area contributed by atoms with E-state index in [0.29, 0.717) is 0 Å². The number of aryl methyl sites for hydroxylation is 1. The fourth-order valence-electron chi connectivity index (χ4n) is 0.519. The third-order valence-corrected chi connectivity index (χ3v) is 1.76. The predicted molar refractivity (Wildman–Crippen MR) is 38.4 cm³/mol. The van der Waals surface area contributed by atoms with Gasteiger partial charge in [-0.1, -0.05) is 0 Å². The third-order valence-electron chi connectivity index (χ3n) is 0.897. The zero-order valence-electron chi connectivity index (χ0n) is 4.64. The second-order valence-corrected chi connectivity index (χ2v) is 2.71. The summed E-state index contributed by atoms with van der Waals surface area (Å²) in [6.45, 7) is 2.05. The minimum atomic E-state index is 0.993. The van der Waals surface area contributed by atoms with Gasteiger partial charge < -0.3 is 5.23 Å². The fourth-order valence-corrected chi connectivity index (χ4v) is 1.16. The first-order valence-corrected chi connectivity index (χ1v) is 3.22. The van der Waals surface area contributed by atoms with Crippen LogP contribution in [-0.2, 0) is 0 Å². The monoisotopic (exact) mass is 123 g/mol. The number of hydrogen-bond donors (Lipinski definition) is 1. The summed E-state index contributed by atoms with van der Waals surface area (Å²) in [5.74, 6) is 0. The van der Waals surface area contributed by atoms with Gasteiger partial charge >= 0.3 is 0 Å². The lowest BCUT2D eigenvalue weighted by atomic mass is 10.3. The highest BCUT2D eigenvalue weighted by molar-refractivity contribution is 7.10. The molecule has 2 radical (unpaired) electrons. The quantitative estimate of drug-likeness (QED) is 0.558. The molecule has 0 amide bonds. The number of nitrogens with one attached hydrogen (secondary N) is 1. The van der Waals surface area contributed by atoms with E-state index in [1.165, 1.54) is 4.88 Å². The first kappa shape index (κ1) is 5.70. The number of thiophene rings is 1. The van der Waals surface area contributed by atoms with Gasteiger partial charge in [-0.2, -0.15) is 0 Å². The molecular formula is C5H6BNS. The Morgan fingerprint density at radius 3 is 2.75 bits per heavy atom. The van der Waals surface area contributed by atoms with Crippen molar-refractivity contribution in [3.8, 4) is 0 Å². The lowest BCUT2D eigenvalue weighted by Gasteiger charge is -1.87. The summed E-state index contributed by atoms with van der Waals surface area (Å²) in [4.78, 5) is 1.28. The van der Waals surface area contributed by atoms with Gasteiger partial charge in [0.2, 0.25) is 7.98 Å². The molecule has 1 aromatic heterocycles. The molecule has 8 heavy (non-hydrogen) atoms. The van der Waals surface area contributed by atoms with Gasteiger partial charge in [0.15, 0.2) is 0 Å². The molecule has 1 N–H and O–H groups in total. The van der Waals surface area contributed by atoms with Gasteiger partial charge in [0.1, 0.15) is 0 Å². The molecule has 0 bridgehead atoms. The van der Waals surface area contributed by atoms with Crippen molar-refractivity contribution in [2.45, 2.75) is 6.92 Å². The molecule has 0 fully saturated rings. The summed E-state index contributed by atoms with van der Waals surface area (Å²) in [5, 5.41) is 4.54. The maximum atomic E-state index is 5.12. The summed E-state index contributed by atoms with van der Waals surface area (Å²) in [7, 11) is 5.12. The summed E-state index contributed by atoms with van der Waals surface area (Å²) in [5.41, 5.74) is 0.993. The Morgan fingerprint density at radius 2 is 2.50 bits per heavy atom. The average Bonchev–Trinajstić information content (AvgIpc) is 2.14. The molecule has 1 rings (SSSR count). The van der Waals surface area contributed by atoms with Crippen LogP contribution in [-0.4, -0.2) is 7.98 Å². The van der Waals surface area contributed by atoms with Crippen LogP contribution >= 0.6 is 11.3 Å². The molecule has 0 spiro atoms. The third kappa shape index (κ3) is 1.04. The molecule has 0 saturated carbocycles. The minimum Gasteiger partial charge on any atom is -0.437 e. The molecule has 1 nitrogen and oxygen atoms in total. The van der Waals surface area contributed by atoms with Crippen molar-refractivity contribution in [2.24, 2.45) is 0 Å². The second kappa shape index (κ2) is 2.22. The highest BCUT2D eigenvalue weighted by Crippen LogP contribution is 2.16. The van der Waals surface area contributed by atoms with Crippen LogP contribution in [0.3, 0.4) is 0 Å². The Hall–Kier alpha value is -0.435. The van der Waals surface area contributed by atoms with Crippen molar-refractivity contribution in [3.05, 3.63) is 16.3 Å². The molecule has 40 valence electrons. The van der Waals surface area contributed by atoms with Gasteiger partial charge in [0, 0.05) is 15.9 Å². The zero-order valence-corrected chi connectivity index (χ0v) is 5.46. The smallest absolute Gasteiger partial charge is 0.222 e. The molecule has 0 aromatic carbocycles. The van der Waals surface area contributed by atoms with Crippen LogP contribution in [0.4, 0.5) is 5.69 Å². The van der Waals surface area contributed by atoms with E-state index in [2.05, 4.69) is 5.23 Å². The van der Waals surface area contributed by atoms with E-state index in [0.717, 1.165) is 5.69 Å². The summed E-state index contributed by atoms with van der Waals surface area (Å²) in [6, 6.07) is 2.00. The lowest BCUT2D eigenvalue weighted by Crippen LogP contribution is -1.85. The normalized spacial score (nSPS) is 9.12. The summed E-state index contributed by atoms with van der Waals surface area (Å²) in [6.07, 6.45) is 0. The molecule has 0 aliphatic carbocycles. The zero-order chi connectivity index (χ0) is 5.98. The Balaban J connectivity index is 2.84. The van der Waals surface area contributed by atoms with Crippen molar-refractivity contribution in [1.29, 1.82) is 0 Å². The van der Waals surface area contributed by atoms with Crippen molar-refractivity contribution >= 4 is 25.0 Å². The predicted octanol–water partition coefficient (Wildman–Crippen LogP) is 1.55. The van der Waals surface area contributed by atoms with Gasteiger partial charge in [0.05, 0.1) is 0 Å². The first-order valence-electron chi connectivity index (χ1n) is 2.34. The second-order valence-electron chi connectivity index (χ2n) is 1.59. The SMILES string of the molecule is [B]Nc1csc(C)c1. The average molecular weight is 123 g/mol. The van der Waals surface area contributed by atoms with Crippen LogP contribution in [0.1, 0.15) is 4.88 Å². The van der Waals surface area contributed by atoms with Crippen LogP contribution < -0.4 is 5.23 Å². The van der Waals surface area contributed by atoms with Crippen LogP contribution in [0.2, 0.25) is 0 Å². The molecule has 3 heteroatoms. The van der Waals surface area contributed by atoms with Gasteiger partial charge in [0.25, 0.3) is 0 Å². The molecular weight excluding hydrogens is 117 g/mol. The largest absolute Gasteiger partial charge is 0.437 e. The van der Waals surface area contributed by atoms with Crippen molar-refractivity contribution in [2.75, 3.05) is 5.23 Å². The molecule has 0 aliphatic rings. The van der Waals surface area contributed by atoms with Gasteiger partial charge in [-0.05, 0) is 13.0 Å². The maximum Gasteiger partial charge on any atom is 0.222 e. The highest BCUT2D eigenvalue weighted by atomic mass is 32.1. The number of rotatable bonds is 1. The molecule has 1 heterocycles. The van der Waals surface area contributed by atoms with E-state index < -0.39 is 0 Å². The van der Waals surface area contributed by atoms with Crippen LogP contribution in [0.15, 0.2) is 11.4 Å². The molecule has 1 aromatic rings. The fraction of sp³-hybridized carbons (Fsp3) is 0.200. The van der Waals surface area contributed by atoms with E-state index in [9.17, 15) is 0 Å². The highest BCUT2D eigenvalue weighted by Gasteiger charge is 1.88. The number of hydrogen-bond acceptors (Lipinski definition) is 2. The topological polar surface area (TPSA) is 12.0 Å². The van der Waals surface area contributed by atoms with Crippen molar-refractivity contribution < 1.29 is 0 Å². The summed E-state index contributed by atoms with van der Waals surface area (Å²) >= 11 is 1.69. The first-order chi connectivity index (χ1) is 3.83. The molecule has 0 atom stereocenters. The van der Waals surface area contributed by atoms with Gasteiger partial charge in [-0.3, -0.25) is 0 Å². The molecule has 0 unspecified atom stereocenters.